The number of hydrogen-bond acceptors (Lipinski definition) is 4. The summed E-state index contributed by atoms with van der Waals surface area (Å²) in [4.78, 5) is 4.07. The Labute approximate surface area is 114 Å². The molecule has 0 aliphatic heterocycles. The van der Waals surface area contributed by atoms with Gasteiger partial charge < -0.3 is 10.6 Å². The van der Waals surface area contributed by atoms with Gasteiger partial charge in [-0.1, -0.05) is 0 Å². The molecule has 0 aliphatic rings. The Balaban J connectivity index is 3.63. The Kier molecular flexibility index (Phi) is 10.2. The van der Waals surface area contributed by atoms with Gasteiger partial charge >= 0.3 is 0 Å². The topological polar surface area (TPSA) is 82.6 Å². The van der Waals surface area contributed by atoms with Crippen LogP contribution in [-0.2, 0) is 10.0 Å². The molecule has 0 bridgehead atoms. The molecule has 108 valence electrons. The van der Waals surface area contributed by atoms with Crippen LogP contribution in [0.5, 0.6) is 0 Å². The molecule has 0 radical (unpaired) electrons. The molecular weight excluding hydrogens is 272 g/mol. The van der Waals surface area contributed by atoms with Gasteiger partial charge in [0.25, 0.3) is 0 Å². The van der Waals surface area contributed by atoms with Gasteiger partial charge in [0.15, 0.2) is 5.96 Å². The van der Waals surface area contributed by atoms with E-state index in [2.05, 4.69) is 26.6 Å². The highest BCUT2D eigenvalue weighted by Gasteiger charge is 2.04. The van der Waals surface area contributed by atoms with E-state index in [-0.39, 0.29) is 5.75 Å². The van der Waals surface area contributed by atoms with Crippen molar-refractivity contribution >= 4 is 27.7 Å². The molecule has 0 spiro atoms. The van der Waals surface area contributed by atoms with Crippen LogP contribution in [0.3, 0.4) is 0 Å². The average Bonchev–Trinajstić information content (AvgIpc) is 2.36. The number of nitrogens with zero attached hydrogens (tertiary/aromatic N) is 1. The maximum atomic E-state index is 11.2. The normalized spacial score (nSPS) is 12.5. The Hall–Kier alpha value is -0.470. The minimum Gasteiger partial charge on any atom is -0.356 e. The van der Waals surface area contributed by atoms with Crippen LogP contribution in [-0.4, -0.2) is 58.8 Å². The zero-order chi connectivity index (χ0) is 13.9. The molecule has 0 saturated carbocycles. The molecule has 0 atom stereocenters. The van der Waals surface area contributed by atoms with Crippen molar-refractivity contribution in [2.75, 3.05) is 44.4 Å². The highest BCUT2D eigenvalue weighted by molar-refractivity contribution is 7.98. The van der Waals surface area contributed by atoms with Crippen LogP contribution in [0.25, 0.3) is 0 Å². The number of rotatable bonds is 9. The molecule has 0 unspecified atom stereocenters. The van der Waals surface area contributed by atoms with Crippen LogP contribution in [0, 0.1) is 0 Å². The summed E-state index contributed by atoms with van der Waals surface area (Å²) < 4.78 is 24.8. The lowest BCUT2D eigenvalue weighted by Gasteiger charge is -2.11. The predicted octanol–water partition coefficient (Wildman–Crippen LogP) is -0.156. The summed E-state index contributed by atoms with van der Waals surface area (Å²) in [7, 11) is -1.35. The third-order valence-corrected chi connectivity index (χ3v) is 4.19. The zero-order valence-corrected chi connectivity index (χ0v) is 13.0. The van der Waals surface area contributed by atoms with Gasteiger partial charge in [-0.3, -0.25) is 4.99 Å². The molecule has 8 heteroatoms. The molecule has 3 N–H and O–H groups in total. The highest BCUT2D eigenvalue weighted by Crippen LogP contribution is 1.87. The van der Waals surface area contributed by atoms with Gasteiger partial charge in [0.05, 0.1) is 5.75 Å². The summed E-state index contributed by atoms with van der Waals surface area (Å²) in [6.07, 6.45) is 2.78. The molecule has 0 fully saturated rings. The van der Waals surface area contributed by atoms with E-state index in [1.54, 1.807) is 25.7 Å². The van der Waals surface area contributed by atoms with Crippen molar-refractivity contribution in [2.45, 2.75) is 13.3 Å². The van der Waals surface area contributed by atoms with E-state index in [4.69, 9.17) is 0 Å². The highest BCUT2D eigenvalue weighted by atomic mass is 32.2. The lowest BCUT2D eigenvalue weighted by atomic mass is 10.4. The van der Waals surface area contributed by atoms with Crippen molar-refractivity contribution in [1.82, 2.24) is 15.4 Å². The van der Waals surface area contributed by atoms with E-state index >= 15 is 0 Å². The number of thioether (sulfide) groups is 1. The van der Waals surface area contributed by atoms with Crippen molar-refractivity contribution in [3.05, 3.63) is 0 Å². The smallest absolute Gasteiger partial charge is 0.211 e. The van der Waals surface area contributed by atoms with Crippen LogP contribution < -0.4 is 15.4 Å². The van der Waals surface area contributed by atoms with Gasteiger partial charge in [0.2, 0.25) is 10.0 Å². The van der Waals surface area contributed by atoms with E-state index in [9.17, 15) is 8.42 Å². The molecule has 0 amide bonds. The van der Waals surface area contributed by atoms with Crippen LogP contribution >= 0.6 is 11.8 Å². The summed E-state index contributed by atoms with van der Waals surface area (Å²) in [6.45, 7) is 3.62. The van der Waals surface area contributed by atoms with Crippen molar-refractivity contribution in [3.8, 4) is 0 Å². The van der Waals surface area contributed by atoms with Crippen LogP contribution in [0.15, 0.2) is 4.99 Å². The molecule has 0 aliphatic carbocycles. The van der Waals surface area contributed by atoms with E-state index in [0.717, 1.165) is 24.7 Å². The van der Waals surface area contributed by atoms with Gasteiger partial charge in [-0.05, 0) is 19.6 Å². The third kappa shape index (κ3) is 9.55. The van der Waals surface area contributed by atoms with Gasteiger partial charge in [0, 0.05) is 32.4 Å². The number of guanidine groups is 1. The number of aliphatic imine (C=N–C) groups is 1. The first-order chi connectivity index (χ1) is 8.55. The fourth-order valence-corrected chi connectivity index (χ4v) is 2.08. The van der Waals surface area contributed by atoms with Gasteiger partial charge in [0.1, 0.15) is 0 Å². The lowest BCUT2D eigenvalue weighted by Crippen LogP contribution is -2.39. The second kappa shape index (κ2) is 10.5. The third-order valence-electron chi connectivity index (χ3n) is 2.17. The molecule has 6 nitrogen and oxygen atoms in total. The molecule has 0 aromatic carbocycles. The van der Waals surface area contributed by atoms with Crippen LogP contribution in [0.4, 0.5) is 0 Å². The summed E-state index contributed by atoms with van der Waals surface area (Å²) in [6, 6.07) is 0. The van der Waals surface area contributed by atoms with Crippen molar-refractivity contribution in [3.63, 3.8) is 0 Å². The van der Waals surface area contributed by atoms with Crippen LogP contribution in [0.2, 0.25) is 0 Å². The van der Waals surface area contributed by atoms with Gasteiger partial charge in [-0.2, -0.15) is 11.8 Å². The number of nitrogens with one attached hydrogen (secondary N) is 3. The first kappa shape index (κ1) is 17.5. The fraction of sp³-hybridized carbons (Fsp3) is 0.900. The summed E-state index contributed by atoms with van der Waals surface area (Å²) in [5, 5.41) is 6.30. The minimum absolute atomic E-state index is 0.123. The second-order valence-electron chi connectivity index (χ2n) is 3.57. The minimum atomic E-state index is -3.07. The van der Waals surface area contributed by atoms with Gasteiger partial charge in [-0.15, -0.1) is 0 Å². The molecule has 0 aromatic rings. The summed E-state index contributed by atoms with van der Waals surface area (Å²) in [5.41, 5.74) is 0. The molecule has 0 aromatic heterocycles. The van der Waals surface area contributed by atoms with Crippen molar-refractivity contribution < 1.29 is 8.42 Å². The number of hydrogen-bond donors (Lipinski definition) is 3. The molecule has 0 rings (SSSR count). The van der Waals surface area contributed by atoms with E-state index in [0.29, 0.717) is 13.1 Å². The largest absolute Gasteiger partial charge is 0.356 e. The predicted molar refractivity (Wildman–Crippen MR) is 79.8 cm³/mol. The quantitative estimate of drug-likeness (QED) is 0.313. The zero-order valence-electron chi connectivity index (χ0n) is 11.3. The van der Waals surface area contributed by atoms with Crippen molar-refractivity contribution in [2.24, 2.45) is 4.99 Å². The number of sulfonamides is 1. The average molecular weight is 296 g/mol. The fourth-order valence-electron chi connectivity index (χ4n) is 1.12. The van der Waals surface area contributed by atoms with E-state index in [1.807, 2.05) is 0 Å². The standard InChI is InChI=1S/C10H24N4O2S2/c1-4-18(15,16)14-7-5-6-12-10(11-2)13-8-9-17-3/h14H,4-9H2,1-3H3,(H2,11,12,13). The SMILES string of the molecule is CCS(=O)(=O)NCCCNC(=NC)NCCSC. The molecule has 0 heterocycles. The molecule has 0 saturated heterocycles. The summed E-state index contributed by atoms with van der Waals surface area (Å²) in [5.74, 6) is 1.90. The van der Waals surface area contributed by atoms with E-state index < -0.39 is 10.0 Å². The lowest BCUT2D eigenvalue weighted by molar-refractivity contribution is 0.579. The first-order valence-corrected chi connectivity index (χ1v) is 9.01. The maximum absolute atomic E-state index is 11.2. The first-order valence-electron chi connectivity index (χ1n) is 5.96. The monoisotopic (exact) mass is 296 g/mol. The Bertz CT molecular complexity index is 331. The Morgan fingerprint density at radius 3 is 2.44 bits per heavy atom. The van der Waals surface area contributed by atoms with E-state index in [1.165, 1.54) is 0 Å². The summed E-state index contributed by atoms with van der Waals surface area (Å²) >= 11 is 1.77. The van der Waals surface area contributed by atoms with Crippen molar-refractivity contribution in [1.29, 1.82) is 0 Å². The molecular formula is C10H24N4O2S2. The molecule has 18 heavy (non-hydrogen) atoms. The Morgan fingerprint density at radius 1 is 1.22 bits per heavy atom. The van der Waals surface area contributed by atoms with Crippen LogP contribution in [0.1, 0.15) is 13.3 Å². The second-order valence-corrected chi connectivity index (χ2v) is 6.65. The Morgan fingerprint density at radius 2 is 1.89 bits per heavy atom. The maximum Gasteiger partial charge on any atom is 0.211 e. The van der Waals surface area contributed by atoms with Gasteiger partial charge in [-0.25, -0.2) is 13.1 Å².